The molecule has 1 aromatic carbocycles. The molecule has 1 saturated heterocycles. The number of hydrogen-bond donors (Lipinski definition) is 2. The lowest BCUT2D eigenvalue weighted by Gasteiger charge is -2.30. The van der Waals surface area contributed by atoms with Gasteiger partial charge in [-0.25, -0.2) is 0 Å². The molecule has 23 heavy (non-hydrogen) atoms. The highest BCUT2D eigenvalue weighted by Crippen LogP contribution is 2.12. The molecule has 0 radical (unpaired) electrons. The monoisotopic (exact) mass is 311 g/mol. The number of nitrogens with one attached hydrogen (secondary N) is 2. The molecule has 2 heterocycles. The number of aromatic amines is 1. The van der Waals surface area contributed by atoms with Crippen molar-refractivity contribution in [1.82, 2.24) is 15.2 Å². The Hall–Kier alpha value is -2.40. The first-order valence-corrected chi connectivity index (χ1v) is 7.90. The van der Waals surface area contributed by atoms with Gasteiger partial charge in [-0.05, 0) is 44.6 Å². The lowest BCUT2D eigenvalue weighted by atomic mass is 10.0. The van der Waals surface area contributed by atoms with Gasteiger partial charge in [-0.15, -0.1) is 0 Å². The second-order valence-corrected chi connectivity index (χ2v) is 6.08. The molecule has 1 aromatic heterocycles. The van der Waals surface area contributed by atoms with Crippen molar-refractivity contribution in [3.63, 3.8) is 0 Å². The molecule has 0 unspecified atom stereocenters. The quantitative estimate of drug-likeness (QED) is 0.850. The van der Waals surface area contributed by atoms with Crippen molar-refractivity contribution in [2.45, 2.75) is 18.9 Å². The summed E-state index contributed by atoms with van der Waals surface area (Å²) in [6.07, 6.45) is 5.50. The van der Waals surface area contributed by atoms with Crippen LogP contribution in [0.2, 0.25) is 0 Å². The van der Waals surface area contributed by atoms with E-state index in [1.54, 1.807) is 42.7 Å². The average molecular weight is 311 g/mol. The molecule has 1 aliphatic rings. The van der Waals surface area contributed by atoms with Crippen LogP contribution in [0, 0.1) is 0 Å². The van der Waals surface area contributed by atoms with Gasteiger partial charge in [0.25, 0.3) is 5.91 Å². The zero-order chi connectivity index (χ0) is 16.2. The van der Waals surface area contributed by atoms with Gasteiger partial charge in [0.1, 0.15) is 0 Å². The van der Waals surface area contributed by atoms with E-state index >= 15 is 0 Å². The number of likely N-dealkylation sites (N-methyl/N-ethyl adjacent to an activating group) is 1. The molecule has 1 aliphatic heterocycles. The average Bonchev–Trinajstić information content (AvgIpc) is 3.09. The molecule has 2 aromatic rings. The minimum Gasteiger partial charge on any atom is -0.367 e. The van der Waals surface area contributed by atoms with Crippen molar-refractivity contribution < 1.29 is 9.59 Å². The number of aromatic nitrogens is 1. The fourth-order valence-electron chi connectivity index (χ4n) is 2.96. The fraction of sp³-hybridized carbons (Fsp3) is 0.333. The van der Waals surface area contributed by atoms with Crippen molar-refractivity contribution in [2.24, 2.45) is 0 Å². The lowest BCUT2D eigenvalue weighted by Crippen LogP contribution is -2.46. The molecule has 120 valence electrons. The lowest BCUT2D eigenvalue weighted by molar-refractivity contribution is 0.0911. The molecule has 0 saturated carbocycles. The highest BCUT2D eigenvalue weighted by Gasteiger charge is 2.19. The minimum atomic E-state index is -0.0778. The molecular formula is C18H21N3O2. The third-order valence-corrected chi connectivity index (χ3v) is 4.23. The molecule has 5 heteroatoms. The Kier molecular flexibility index (Phi) is 4.57. The number of ketones is 1. The van der Waals surface area contributed by atoms with Crippen LogP contribution in [0.15, 0.2) is 42.7 Å². The van der Waals surface area contributed by atoms with E-state index in [0.29, 0.717) is 16.7 Å². The van der Waals surface area contributed by atoms with E-state index in [1.165, 1.54) is 0 Å². The van der Waals surface area contributed by atoms with Crippen LogP contribution < -0.4 is 5.32 Å². The fourth-order valence-corrected chi connectivity index (χ4v) is 2.96. The van der Waals surface area contributed by atoms with Gasteiger partial charge in [-0.1, -0.05) is 12.1 Å². The number of hydrogen-bond acceptors (Lipinski definition) is 3. The highest BCUT2D eigenvalue weighted by molar-refractivity contribution is 6.09. The number of amides is 1. The Bertz CT molecular complexity index is 677. The summed E-state index contributed by atoms with van der Waals surface area (Å²) in [7, 11) is 2.07. The summed E-state index contributed by atoms with van der Waals surface area (Å²) < 4.78 is 0. The van der Waals surface area contributed by atoms with E-state index in [2.05, 4.69) is 22.2 Å². The molecule has 0 spiro atoms. The van der Waals surface area contributed by atoms with Gasteiger partial charge in [0.05, 0.1) is 0 Å². The van der Waals surface area contributed by atoms with Gasteiger partial charge in [0, 0.05) is 41.7 Å². The number of piperidine rings is 1. The first kappa shape index (κ1) is 15.5. The Morgan fingerprint density at radius 3 is 2.52 bits per heavy atom. The first-order chi connectivity index (χ1) is 11.1. The molecule has 1 atom stereocenters. The number of likely N-dealkylation sites (tertiary alicyclic amines) is 1. The van der Waals surface area contributed by atoms with E-state index in [1.807, 2.05) is 0 Å². The predicted molar refractivity (Wildman–Crippen MR) is 88.7 cm³/mol. The molecule has 5 nitrogen and oxygen atoms in total. The van der Waals surface area contributed by atoms with Gasteiger partial charge in [-0.2, -0.15) is 0 Å². The number of carbonyl (C=O) groups is 2. The van der Waals surface area contributed by atoms with Gasteiger partial charge >= 0.3 is 0 Å². The van der Waals surface area contributed by atoms with E-state index in [4.69, 9.17) is 0 Å². The van der Waals surface area contributed by atoms with Crippen LogP contribution in [-0.4, -0.2) is 47.8 Å². The standard InChI is InChI=1S/C18H21N3O2/c1-21-10-2-3-16(12-21)20-18(23)14-6-4-13(5-7-14)17(22)15-8-9-19-11-15/h4-9,11,16,19H,2-3,10,12H2,1H3,(H,20,23)/t16-/m0/s1. The van der Waals surface area contributed by atoms with E-state index in [9.17, 15) is 9.59 Å². The Morgan fingerprint density at radius 1 is 1.13 bits per heavy atom. The molecule has 3 rings (SSSR count). The van der Waals surface area contributed by atoms with Gasteiger partial charge in [-0.3, -0.25) is 9.59 Å². The number of benzene rings is 1. The molecule has 0 bridgehead atoms. The van der Waals surface area contributed by atoms with Crippen LogP contribution >= 0.6 is 0 Å². The largest absolute Gasteiger partial charge is 0.367 e. The zero-order valence-corrected chi connectivity index (χ0v) is 13.2. The number of rotatable bonds is 4. The summed E-state index contributed by atoms with van der Waals surface area (Å²) >= 11 is 0. The third kappa shape index (κ3) is 3.68. The molecule has 0 aliphatic carbocycles. The van der Waals surface area contributed by atoms with Crippen molar-refractivity contribution in [3.8, 4) is 0 Å². The van der Waals surface area contributed by atoms with Gasteiger partial charge in [0.15, 0.2) is 5.78 Å². The smallest absolute Gasteiger partial charge is 0.251 e. The summed E-state index contributed by atoms with van der Waals surface area (Å²) in [5.74, 6) is -0.127. The maximum Gasteiger partial charge on any atom is 0.251 e. The van der Waals surface area contributed by atoms with Crippen molar-refractivity contribution in [2.75, 3.05) is 20.1 Å². The number of H-pyrrole nitrogens is 1. The van der Waals surface area contributed by atoms with Crippen LogP contribution in [0.3, 0.4) is 0 Å². The molecule has 2 N–H and O–H groups in total. The maximum atomic E-state index is 12.3. The molecular weight excluding hydrogens is 290 g/mol. The van der Waals surface area contributed by atoms with Crippen LogP contribution in [0.25, 0.3) is 0 Å². The Morgan fingerprint density at radius 2 is 1.87 bits per heavy atom. The Labute approximate surface area is 135 Å². The minimum absolute atomic E-state index is 0.0490. The number of carbonyl (C=O) groups excluding carboxylic acids is 2. The van der Waals surface area contributed by atoms with Gasteiger partial charge in [0.2, 0.25) is 0 Å². The van der Waals surface area contributed by atoms with Crippen molar-refractivity contribution >= 4 is 11.7 Å². The van der Waals surface area contributed by atoms with E-state index in [0.717, 1.165) is 25.9 Å². The van der Waals surface area contributed by atoms with Crippen molar-refractivity contribution in [1.29, 1.82) is 0 Å². The molecule has 1 fully saturated rings. The second kappa shape index (κ2) is 6.79. The first-order valence-electron chi connectivity index (χ1n) is 7.90. The molecule has 1 amide bonds. The summed E-state index contributed by atoms with van der Waals surface area (Å²) in [6, 6.07) is 8.77. The third-order valence-electron chi connectivity index (χ3n) is 4.23. The van der Waals surface area contributed by atoms with Crippen LogP contribution in [0.1, 0.15) is 39.1 Å². The summed E-state index contributed by atoms with van der Waals surface area (Å²) in [4.78, 5) is 29.6. The van der Waals surface area contributed by atoms with Crippen LogP contribution in [0.5, 0.6) is 0 Å². The normalized spacial score (nSPS) is 18.6. The topological polar surface area (TPSA) is 65.2 Å². The maximum absolute atomic E-state index is 12.3. The summed E-state index contributed by atoms with van der Waals surface area (Å²) in [5, 5.41) is 3.07. The van der Waals surface area contributed by atoms with E-state index < -0.39 is 0 Å². The van der Waals surface area contributed by atoms with Crippen LogP contribution in [0.4, 0.5) is 0 Å². The highest BCUT2D eigenvalue weighted by atomic mass is 16.1. The van der Waals surface area contributed by atoms with Crippen molar-refractivity contribution in [3.05, 3.63) is 59.4 Å². The number of nitrogens with zero attached hydrogens (tertiary/aromatic N) is 1. The second-order valence-electron chi connectivity index (χ2n) is 6.08. The summed E-state index contributed by atoms with van der Waals surface area (Å²) in [5.41, 5.74) is 1.79. The zero-order valence-electron chi connectivity index (χ0n) is 13.2. The van der Waals surface area contributed by atoms with E-state index in [-0.39, 0.29) is 17.7 Å². The van der Waals surface area contributed by atoms with Crippen LogP contribution in [-0.2, 0) is 0 Å². The predicted octanol–water partition coefficient (Wildman–Crippen LogP) is 2.07. The Balaban J connectivity index is 1.64. The summed E-state index contributed by atoms with van der Waals surface area (Å²) in [6.45, 7) is 1.97. The SMILES string of the molecule is CN1CCC[C@H](NC(=O)c2ccc(C(=O)c3cc[nH]c3)cc2)C1. The van der Waals surface area contributed by atoms with Gasteiger partial charge < -0.3 is 15.2 Å².